The highest BCUT2D eigenvalue weighted by atomic mass is 16.1. The summed E-state index contributed by atoms with van der Waals surface area (Å²) in [6, 6.07) is 2.08. The molecule has 0 spiro atoms. The lowest BCUT2D eigenvalue weighted by Crippen LogP contribution is -2.23. The van der Waals surface area contributed by atoms with Crippen LogP contribution in [-0.4, -0.2) is 18.7 Å². The Kier molecular flexibility index (Phi) is 4.70. The smallest absolute Gasteiger partial charge is 0.262 e. The Morgan fingerprint density at radius 1 is 1.75 bits per heavy atom. The third-order valence-electron chi connectivity index (χ3n) is 1.59. The minimum atomic E-state index is -0.498. The summed E-state index contributed by atoms with van der Waals surface area (Å²) in [4.78, 5) is 14.4. The number of carbonyl (C=O) groups is 1. The van der Waals surface area contributed by atoms with E-state index < -0.39 is 5.91 Å². The highest BCUT2D eigenvalue weighted by Gasteiger charge is 2.07. The summed E-state index contributed by atoms with van der Waals surface area (Å²) in [5.74, 6) is -0.552. The summed E-state index contributed by atoms with van der Waals surface area (Å²) in [5, 5.41) is 8.45. The van der Waals surface area contributed by atoms with E-state index in [2.05, 4.69) is 11.1 Å². The van der Waals surface area contributed by atoms with Gasteiger partial charge in [-0.3, -0.25) is 9.79 Å². The maximum absolute atomic E-state index is 10.6. The lowest BCUT2D eigenvalue weighted by Gasteiger charge is -2.01. The van der Waals surface area contributed by atoms with Crippen LogP contribution < -0.4 is 5.73 Å². The van der Waals surface area contributed by atoms with E-state index in [1.54, 1.807) is 6.92 Å². The van der Waals surface area contributed by atoms with Crippen molar-refractivity contribution in [3.05, 3.63) is 0 Å². The van der Waals surface area contributed by atoms with Gasteiger partial charge in [0.05, 0.1) is 11.8 Å². The fourth-order valence-corrected chi connectivity index (χ4v) is 0.763. The van der Waals surface area contributed by atoms with Gasteiger partial charge in [-0.25, -0.2) is 0 Å². The number of aliphatic imine (C=N–C) groups is 1. The number of amides is 1. The van der Waals surface area contributed by atoms with Gasteiger partial charge in [0, 0.05) is 13.0 Å². The summed E-state index contributed by atoms with van der Waals surface area (Å²) in [6.07, 6.45) is 1.12. The van der Waals surface area contributed by atoms with Crippen LogP contribution in [0.25, 0.3) is 0 Å². The molecule has 0 aromatic heterocycles. The first-order chi connectivity index (χ1) is 5.61. The molecular weight excluding hydrogens is 154 g/mol. The van der Waals surface area contributed by atoms with E-state index in [1.807, 2.05) is 0 Å². The summed E-state index contributed by atoms with van der Waals surface area (Å²) >= 11 is 0. The van der Waals surface area contributed by atoms with Crippen molar-refractivity contribution in [2.45, 2.75) is 19.8 Å². The molecule has 1 unspecified atom stereocenters. The van der Waals surface area contributed by atoms with E-state index >= 15 is 0 Å². The molecule has 0 bridgehead atoms. The number of rotatable bonds is 4. The average Bonchev–Trinajstić information content (AvgIpc) is 2.04. The first kappa shape index (κ1) is 10.6. The molecule has 0 heterocycles. The van der Waals surface area contributed by atoms with Gasteiger partial charge in [-0.1, -0.05) is 0 Å². The molecule has 0 saturated carbocycles. The van der Waals surface area contributed by atoms with E-state index in [4.69, 9.17) is 11.0 Å². The molecule has 0 fully saturated rings. The van der Waals surface area contributed by atoms with Gasteiger partial charge in [-0.2, -0.15) is 5.26 Å². The molecule has 1 amide bonds. The van der Waals surface area contributed by atoms with Crippen molar-refractivity contribution in [1.82, 2.24) is 0 Å². The van der Waals surface area contributed by atoms with Crippen LogP contribution in [0, 0.1) is 17.2 Å². The van der Waals surface area contributed by atoms with Gasteiger partial charge in [0.25, 0.3) is 5.91 Å². The number of hydrogen-bond acceptors (Lipinski definition) is 3. The number of nitrogens with zero attached hydrogens (tertiary/aromatic N) is 2. The van der Waals surface area contributed by atoms with Gasteiger partial charge in [0.2, 0.25) is 0 Å². The van der Waals surface area contributed by atoms with Crippen LogP contribution in [0.2, 0.25) is 0 Å². The molecule has 0 aliphatic carbocycles. The number of carbonyl (C=O) groups excluding carboxylic acids is 1. The zero-order chi connectivity index (χ0) is 9.56. The first-order valence-corrected chi connectivity index (χ1v) is 3.77. The molecule has 4 nitrogen and oxygen atoms in total. The minimum absolute atomic E-state index is 0.0545. The molecule has 2 N–H and O–H groups in total. The molecule has 0 saturated heterocycles. The van der Waals surface area contributed by atoms with E-state index in [0.717, 1.165) is 0 Å². The quantitative estimate of drug-likeness (QED) is 0.618. The molecule has 0 aromatic rings. The van der Waals surface area contributed by atoms with E-state index in [9.17, 15) is 4.79 Å². The van der Waals surface area contributed by atoms with Gasteiger partial charge in [0.15, 0.2) is 0 Å². The Hall–Kier alpha value is -1.37. The number of nitrogens with two attached hydrogens (primary N) is 1. The molecule has 0 aliphatic heterocycles. The van der Waals surface area contributed by atoms with Gasteiger partial charge < -0.3 is 5.73 Å². The van der Waals surface area contributed by atoms with Crippen LogP contribution >= 0.6 is 0 Å². The predicted molar refractivity (Wildman–Crippen MR) is 46.6 cm³/mol. The van der Waals surface area contributed by atoms with Gasteiger partial charge in [0.1, 0.15) is 0 Å². The zero-order valence-corrected chi connectivity index (χ0v) is 7.37. The molecule has 0 radical (unpaired) electrons. The lowest BCUT2D eigenvalue weighted by molar-refractivity contribution is -0.112. The van der Waals surface area contributed by atoms with Crippen LogP contribution in [0.15, 0.2) is 4.99 Å². The summed E-state index contributed by atoms with van der Waals surface area (Å²) in [5.41, 5.74) is 5.38. The van der Waals surface area contributed by atoms with E-state index in [-0.39, 0.29) is 5.92 Å². The third kappa shape index (κ3) is 3.71. The minimum Gasteiger partial charge on any atom is -0.365 e. The molecule has 0 rings (SSSR count). The molecular formula is C8H13N3O. The second-order valence-electron chi connectivity index (χ2n) is 2.60. The van der Waals surface area contributed by atoms with Crippen molar-refractivity contribution in [2.75, 3.05) is 7.05 Å². The van der Waals surface area contributed by atoms with Crippen LogP contribution in [0.5, 0.6) is 0 Å². The maximum atomic E-state index is 10.6. The number of nitriles is 1. The van der Waals surface area contributed by atoms with Crippen molar-refractivity contribution in [2.24, 2.45) is 16.6 Å². The standard InChI is InChI=1S/C8H13N3O/c1-6(5-9)3-4-7(11-2)8(10)12/h6H,3-4H2,1-2H3,(H2,10,12). The number of hydrogen-bond donors (Lipinski definition) is 1. The lowest BCUT2D eigenvalue weighted by atomic mass is 10.0. The summed E-state index contributed by atoms with van der Waals surface area (Å²) < 4.78 is 0. The van der Waals surface area contributed by atoms with Crippen molar-refractivity contribution < 1.29 is 4.79 Å². The molecule has 1 atom stereocenters. The van der Waals surface area contributed by atoms with E-state index in [1.165, 1.54) is 7.05 Å². The fraction of sp³-hybridized carbons (Fsp3) is 0.625. The molecule has 0 aliphatic rings. The Bertz CT molecular complexity index is 227. The molecule has 12 heavy (non-hydrogen) atoms. The second-order valence-corrected chi connectivity index (χ2v) is 2.60. The molecule has 66 valence electrons. The second kappa shape index (κ2) is 5.30. The van der Waals surface area contributed by atoms with Gasteiger partial charge in [-0.15, -0.1) is 0 Å². The normalized spacial score (nSPS) is 13.6. The Labute approximate surface area is 72.1 Å². The maximum Gasteiger partial charge on any atom is 0.262 e. The third-order valence-corrected chi connectivity index (χ3v) is 1.59. The Morgan fingerprint density at radius 3 is 2.67 bits per heavy atom. The fourth-order valence-electron chi connectivity index (χ4n) is 0.763. The van der Waals surface area contributed by atoms with Crippen LogP contribution in [0.4, 0.5) is 0 Å². The van der Waals surface area contributed by atoms with Crippen molar-refractivity contribution in [3.63, 3.8) is 0 Å². The van der Waals surface area contributed by atoms with Crippen molar-refractivity contribution >= 4 is 11.6 Å². The largest absolute Gasteiger partial charge is 0.365 e. The monoisotopic (exact) mass is 167 g/mol. The van der Waals surface area contributed by atoms with Crippen molar-refractivity contribution in [3.8, 4) is 6.07 Å². The van der Waals surface area contributed by atoms with Crippen LogP contribution in [0.3, 0.4) is 0 Å². The number of primary amides is 1. The highest BCUT2D eigenvalue weighted by molar-refractivity contribution is 6.38. The Morgan fingerprint density at radius 2 is 2.33 bits per heavy atom. The van der Waals surface area contributed by atoms with E-state index in [0.29, 0.717) is 18.6 Å². The predicted octanol–water partition coefficient (Wildman–Crippen LogP) is 0.482. The van der Waals surface area contributed by atoms with Gasteiger partial charge in [-0.05, 0) is 19.8 Å². The summed E-state index contributed by atoms with van der Waals surface area (Å²) in [6.45, 7) is 1.80. The molecule has 0 aromatic carbocycles. The highest BCUT2D eigenvalue weighted by Crippen LogP contribution is 2.04. The topological polar surface area (TPSA) is 79.2 Å². The van der Waals surface area contributed by atoms with Crippen molar-refractivity contribution in [1.29, 1.82) is 5.26 Å². The SMILES string of the molecule is CN=C(CCC(C)C#N)C(N)=O. The molecule has 4 heteroatoms. The Balaban J connectivity index is 3.93. The first-order valence-electron chi connectivity index (χ1n) is 3.77. The van der Waals surface area contributed by atoms with Gasteiger partial charge >= 0.3 is 0 Å². The zero-order valence-electron chi connectivity index (χ0n) is 7.37. The summed E-state index contributed by atoms with van der Waals surface area (Å²) in [7, 11) is 1.52. The van der Waals surface area contributed by atoms with Crippen LogP contribution in [-0.2, 0) is 4.79 Å². The van der Waals surface area contributed by atoms with Crippen LogP contribution in [0.1, 0.15) is 19.8 Å². The average molecular weight is 167 g/mol.